The van der Waals surface area contributed by atoms with Crippen LogP contribution in [0.5, 0.6) is 0 Å². The monoisotopic (exact) mass is 362 g/mol. The second-order valence-electron chi connectivity index (χ2n) is 5.93. The van der Waals surface area contributed by atoms with Gasteiger partial charge in [-0.2, -0.15) is 0 Å². The van der Waals surface area contributed by atoms with Gasteiger partial charge in [0.05, 0.1) is 12.8 Å². The lowest BCUT2D eigenvalue weighted by Crippen LogP contribution is -2.22. The van der Waals surface area contributed by atoms with E-state index in [9.17, 15) is 14.4 Å². The van der Waals surface area contributed by atoms with Crippen molar-refractivity contribution in [1.29, 1.82) is 0 Å². The maximum absolute atomic E-state index is 12.3. The Labute approximate surface area is 156 Å². The second kappa shape index (κ2) is 8.14. The summed E-state index contributed by atoms with van der Waals surface area (Å²) in [6.45, 7) is 1.78. The molecule has 6 heteroatoms. The summed E-state index contributed by atoms with van der Waals surface area (Å²) >= 11 is 0. The molecule has 0 saturated heterocycles. The number of Topliss-reactive ketones (excluding diaryl/α,β-unsaturated/α-hetero) is 1. The van der Waals surface area contributed by atoms with Gasteiger partial charge >= 0.3 is 0 Å². The van der Waals surface area contributed by atoms with Gasteiger partial charge in [0.25, 0.3) is 11.8 Å². The van der Waals surface area contributed by atoms with Crippen LogP contribution in [0.4, 0.5) is 5.69 Å². The number of ketones is 1. The number of hydrogen-bond donors (Lipinski definition) is 2. The maximum atomic E-state index is 12.3. The molecule has 0 aliphatic carbocycles. The van der Waals surface area contributed by atoms with Crippen molar-refractivity contribution in [3.05, 3.63) is 89.4 Å². The van der Waals surface area contributed by atoms with E-state index in [-0.39, 0.29) is 17.6 Å². The number of carbonyl (C=O) groups excluding carboxylic acids is 3. The first-order valence-electron chi connectivity index (χ1n) is 8.36. The molecular weight excluding hydrogens is 344 g/mol. The van der Waals surface area contributed by atoms with Crippen molar-refractivity contribution in [2.45, 2.75) is 13.5 Å². The van der Waals surface area contributed by atoms with E-state index in [1.807, 2.05) is 0 Å². The van der Waals surface area contributed by atoms with Gasteiger partial charge in [-0.05, 0) is 67.6 Å². The SMILES string of the molecule is CC(=O)c1ccc(NC(=O)c2ccc(C(=O)NCc3ccco3)cc2)cc1. The van der Waals surface area contributed by atoms with Crippen LogP contribution >= 0.6 is 0 Å². The fraction of sp³-hybridized carbons (Fsp3) is 0.0952. The average Bonchev–Trinajstić information content (AvgIpc) is 3.20. The quantitative estimate of drug-likeness (QED) is 0.655. The molecule has 1 aromatic heterocycles. The van der Waals surface area contributed by atoms with Crippen molar-refractivity contribution in [1.82, 2.24) is 5.32 Å². The highest BCUT2D eigenvalue weighted by Crippen LogP contribution is 2.13. The fourth-order valence-corrected chi connectivity index (χ4v) is 2.45. The Morgan fingerprint density at radius 3 is 1.96 bits per heavy atom. The molecule has 0 saturated carbocycles. The summed E-state index contributed by atoms with van der Waals surface area (Å²) in [4.78, 5) is 35.7. The predicted molar refractivity (Wildman–Crippen MR) is 101 cm³/mol. The van der Waals surface area contributed by atoms with Crippen molar-refractivity contribution in [2.75, 3.05) is 5.32 Å². The van der Waals surface area contributed by atoms with Crippen molar-refractivity contribution >= 4 is 23.3 Å². The van der Waals surface area contributed by atoms with E-state index in [1.54, 1.807) is 66.9 Å². The molecule has 1 heterocycles. The van der Waals surface area contributed by atoms with E-state index in [2.05, 4.69) is 10.6 Å². The highest BCUT2D eigenvalue weighted by Gasteiger charge is 2.10. The van der Waals surface area contributed by atoms with Gasteiger partial charge in [-0.15, -0.1) is 0 Å². The number of benzene rings is 2. The third-order valence-corrected chi connectivity index (χ3v) is 3.96. The van der Waals surface area contributed by atoms with E-state index in [1.165, 1.54) is 6.92 Å². The van der Waals surface area contributed by atoms with Crippen LogP contribution in [0.1, 0.15) is 43.8 Å². The molecule has 3 aromatic rings. The molecule has 0 bridgehead atoms. The third kappa shape index (κ3) is 4.70. The summed E-state index contributed by atoms with van der Waals surface area (Å²) in [7, 11) is 0. The number of anilines is 1. The molecule has 3 rings (SSSR count). The van der Waals surface area contributed by atoms with Gasteiger partial charge in [0.2, 0.25) is 0 Å². The van der Waals surface area contributed by atoms with Gasteiger partial charge in [-0.25, -0.2) is 0 Å². The number of carbonyl (C=O) groups is 3. The molecule has 0 radical (unpaired) electrons. The van der Waals surface area contributed by atoms with Crippen LogP contribution in [0.3, 0.4) is 0 Å². The molecule has 0 spiro atoms. The standard InChI is InChI=1S/C21H18N2O4/c1-14(24)15-8-10-18(11-9-15)23-21(26)17-6-4-16(5-7-17)20(25)22-13-19-3-2-12-27-19/h2-12H,13H2,1H3,(H,22,25)(H,23,26). The lowest BCUT2D eigenvalue weighted by molar-refractivity contribution is 0.0945. The minimum atomic E-state index is -0.298. The Bertz CT molecular complexity index is 943. The number of amides is 2. The second-order valence-corrected chi connectivity index (χ2v) is 5.93. The Kier molecular flexibility index (Phi) is 5.47. The molecule has 0 unspecified atom stereocenters. The lowest BCUT2D eigenvalue weighted by Gasteiger charge is -2.07. The number of rotatable bonds is 6. The van der Waals surface area contributed by atoms with E-state index >= 15 is 0 Å². The number of hydrogen-bond acceptors (Lipinski definition) is 4. The van der Waals surface area contributed by atoms with Crippen LogP contribution in [0, 0.1) is 0 Å². The minimum absolute atomic E-state index is 0.0335. The minimum Gasteiger partial charge on any atom is -0.467 e. The topological polar surface area (TPSA) is 88.4 Å². The normalized spacial score (nSPS) is 10.3. The summed E-state index contributed by atoms with van der Waals surface area (Å²) in [5.74, 6) is 0.0789. The van der Waals surface area contributed by atoms with E-state index in [0.717, 1.165) is 0 Å². The van der Waals surface area contributed by atoms with Gasteiger partial charge in [0.1, 0.15) is 5.76 Å². The van der Waals surface area contributed by atoms with Crippen molar-refractivity contribution < 1.29 is 18.8 Å². The third-order valence-electron chi connectivity index (χ3n) is 3.96. The molecule has 2 amide bonds. The van der Waals surface area contributed by atoms with Gasteiger partial charge in [0, 0.05) is 22.4 Å². The van der Waals surface area contributed by atoms with Crippen molar-refractivity contribution in [3.8, 4) is 0 Å². The molecule has 27 heavy (non-hydrogen) atoms. The molecule has 2 N–H and O–H groups in total. The average molecular weight is 362 g/mol. The Morgan fingerprint density at radius 2 is 1.41 bits per heavy atom. The van der Waals surface area contributed by atoms with E-state index in [4.69, 9.17) is 4.42 Å². The summed E-state index contributed by atoms with van der Waals surface area (Å²) < 4.78 is 5.16. The first-order chi connectivity index (χ1) is 13.0. The largest absolute Gasteiger partial charge is 0.467 e. The van der Waals surface area contributed by atoms with Crippen LogP contribution < -0.4 is 10.6 Å². The van der Waals surface area contributed by atoms with Crippen molar-refractivity contribution in [3.63, 3.8) is 0 Å². The molecule has 0 aliphatic heterocycles. The van der Waals surface area contributed by atoms with Gasteiger partial charge < -0.3 is 15.1 Å². The van der Waals surface area contributed by atoms with Crippen LogP contribution in [-0.4, -0.2) is 17.6 Å². The highest BCUT2D eigenvalue weighted by atomic mass is 16.3. The fourth-order valence-electron chi connectivity index (χ4n) is 2.45. The van der Waals surface area contributed by atoms with Crippen molar-refractivity contribution in [2.24, 2.45) is 0 Å². The molecule has 0 aliphatic rings. The smallest absolute Gasteiger partial charge is 0.255 e. The van der Waals surface area contributed by atoms with E-state index < -0.39 is 0 Å². The number of nitrogens with one attached hydrogen (secondary N) is 2. The highest BCUT2D eigenvalue weighted by molar-refractivity contribution is 6.05. The van der Waals surface area contributed by atoms with E-state index in [0.29, 0.717) is 34.7 Å². The molecule has 2 aromatic carbocycles. The molecule has 136 valence electrons. The molecule has 6 nitrogen and oxygen atoms in total. The summed E-state index contributed by atoms with van der Waals surface area (Å²) in [5, 5.41) is 5.50. The van der Waals surface area contributed by atoms with Crippen LogP contribution in [0.25, 0.3) is 0 Å². The molecule has 0 fully saturated rings. The van der Waals surface area contributed by atoms with Crippen LogP contribution in [0.2, 0.25) is 0 Å². The van der Waals surface area contributed by atoms with Gasteiger partial charge in [0.15, 0.2) is 5.78 Å². The number of furan rings is 1. The maximum Gasteiger partial charge on any atom is 0.255 e. The van der Waals surface area contributed by atoms with Gasteiger partial charge in [-0.1, -0.05) is 0 Å². The Hall–Kier alpha value is -3.67. The zero-order valence-electron chi connectivity index (χ0n) is 14.7. The first kappa shape index (κ1) is 18.1. The summed E-state index contributed by atoms with van der Waals surface area (Å²) in [6.07, 6.45) is 1.54. The van der Waals surface area contributed by atoms with Crippen LogP contribution in [0.15, 0.2) is 71.3 Å². The molecule has 0 atom stereocenters. The lowest BCUT2D eigenvalue weighted by atomic mass is 10.1. The first-order valence-corrected chi connectivity index (χ1v) is 8.36. The Morgan fingerprint density at radius 1 is 0.815 bits per heavy atom. The Balaban J connectivity index is 1.59. The van der Waals surface area contributed by atoms with Crippen LogP contribution in [-0.2, 0) is 6.54 Å². The molecular formula is C21H18N2O4. The summed E-state index contributed by atoms with van der Waals surface area (Å²) in [5.41, 5.74) is 2.04. The van der Waals surface area contributed by atoms with Gasteiger partial charge in [-0.3, -0.25) is 14.4 Å². The zero-order valence-corrected chi connectivity index (χ0v) is 14.7. The summed E-state index contributed by atoms with van der Waals surface area (Å²) in [6, 6.07) is 16.5. The zero-order chi connectivity index (χ0) is 19.2. The predicted octanol–water partition coefficient (Wildman–Crippen LogP) is 3.66.